The predicted molar refractivity (Wildman–Crippen MR) is 59.8 cm³/mol. The van der Waals surface area contributed by atoms with Crippen LogP contribution < -0.4 is 5.32 Å². The Hall–Kier alpha value is -0.870. The summed E-state index contributed by atoms with van der Waals surface area (Å²) in [6, 6.07) is 5.61. The number of thioether (sulfide) groups is 1. The third kappa shape index (κ3) is 2.58. The molecular weight excluding hydrogens is 213 g/mol. The summed E-state index contributed by atoms with van der Waals surface area (Å²) >= 11 is 1.77. The minimum absolute atomic E-state index is 0.0576. The Morgan fingerprint density at radius 2 is 2.13 bits per heavy atom. The number of Topliss-reactive ketones (excluding diaryl/α,β-unsaturated/α-hetero) is 1. The lowest BCUT2D eigenvalue weighted by Gasteiger charge is -2.21. The largest absolute Gasteiger partial charge is 0.306 e. The zero-order chi connectivity index (χ0) is 10.7. The Balaban J connectivity index is 2.09. The monoisotopic (exact) mass is 225 g/mol. The molecule has 0 aromatic heterocycles. The second kappa shape index (κ2) is 4.77. The number of hydrogen-bond acceptors (Lipinski definition) is 3. The highest BCUT2D eigenvalue weighted by atomic mass is 32.2. The normalized spacial score (nSPS) is 21.3. The van der Waals surface area contributed by atoms with E-state index in [9.17, 15) is 9.18 Å². The maximum absolute atomic E-state index is 12.7. The molecule has 2 nitrogen and oxygen atoms in total. The third-order valence-corrected chi connectivity index (χ3v) is 3.43. The van der Waals surface area contributed by atoms with Gasteiger partial charge in [0.25, 0.3) is 0 Å². The zero-order valence-electron chi connectivity index (χ0n) is 8.20. The van der Waals surface area contributed by atoms with E-state index >= 15 is 0 Å². The summed E-state index contributed by atoms with van der Waals surface area (Å²) in [7, 11) is 0. The molecule has 0 spiro atoms. The van der Waals surface area contributed by atoms with Crippen LogP contribution in [-0.2, 0) is 0 Å². The van der Waals surface area contributed by atoms with Crippen molar-refractivity contribution in [3.63, 3.8) is 0 Å². The first kappa shape index (κ1) is 10.6. The van der Waals surface area contributed by atoms with Crippen molar-refractivity contribution in [1.82, 2.24) is 5.32 Å². The molecule has 1 aromatic carbocycles. The molecular formula is C11H12FNOS. The van der Waals surface area contributed by atoms with Gasteiger partial charge >= 0.3 is 0 Å². The first-order chi connectivity index (χ1) is 7.27. The second-order valence-corrected chi connectivity index (χ2v) is 4.60. The Morgan fingerprint density at radius 1 is 1.40 bits per heavy atom. The van der Waals surface area contributed by atoms with Gasteiger partial charge in [-0.3, -0.25) is 4.79 Å². The van der Waals surface area contributed by atoms with Gasteiger partial charge in [0.2, 0.25) is 0 Å². The minimum atomic E-state index is -0.308. The summed E-state index contributed by atoms with van der Waals surface area (Å²) in [5.41, 5.74) is 0.580. The van der Waals surface area contributed by atoms with Crippen molar-refractivity contribution in [3.05, 3.63) is 35.6 Å². The number of ketones is 1. The SMILES string of the molecule is O=C(c1ccc(F)cc1)C1CSCCN1. The topological polar surface area (TPSA) is 29.1 Å². The maximum atomic E-state index is 12.7. The molecule has 1 fully saturated rings. The Kier molecular flexibility index (Phi) is 3.38. The van der Waals surface area contributed by atoms with Crippen molar-refractivity contribution in [3.8, 4) is 0 Å². The van der Waals surface area contributed by atoms with Crippen molar-refractivity contribution in [2.45, 2.75) is 6.04 Å². The van der Waals surface area contributed by atoms with E-state index in [1.807, 2.05) is 0 Å². The minimum Gasteiger partial charge on any atom is -0.306 e. The molecule has 1 aromatic rings. The first-order valence-corrected chi connectivity index (χ1v) is 6.04. The van der Waals surface area contributed by atoms with Gasteiger partial charge in [0.15, 0.2) is 5.78 Å². The molecule has 80 valence electrons. The Labute approximate surface area is 92.3 Å². The van der Waals surface area contributed by atoms with Crippen LogP contribution in [0, 0.1) is 5.82 Å². The van der Waals surface area contributed by atoms with Crippen LogP contribution in [0.15, 0.2) is 24.3 Å². The molecule has 0 saturated carbocycles. The van der Waals surface area contributed by atoms with Gasteiger partial charge in [-0.1, -0.05) is 0 Å². The quantitative estimate of drug-likeness (QED) is 0.777. The van der Waals surface area contributed by atoms with Gasteiger partial charge in [-0.05, 0) is 24.3 Å². The molecule has 0 amide bonds. The van der Waals surface area contributed by atoms with Gasteiger partial charge in [-0.25, -0.2) is 4.39 Å². The zero-order valence-corrected chi connectivity index (χ0v) is 9.02. The van der Waals surface area contributed by atoms with Crippen molar-refractivity contribution < 1.29 is 9.18 Å². The Bertz CT molecular complexity index is 346. The molecule has 0 radical (unpaired) electrons. The number of carbonyl (C=O) groups is 1. The fourth-order valence-corrected chi connectivity index (χ4v) is 2.48. The lowest BCUT2D eigenvalue weighted by atomic mass is 10.1. The van der Waals surface area contributed by atoms with Crippen LogP contribution in [0.4, 0.5) is 4.39 Å². The fraction of sp³-hybridized carbons (Fsp3) is 0.364. The lowest BCUT2D eigenvalue weighted by Crippen LogP contribution is -2.43. The average Bonchev–Trinajstić information content (AvgIpc) is 2.30. The van der Waals surface area contributed by atoms with Gasteiger partial charge in [0.05, 0.1) is 6.04 Å². The van der Waals surface area contributed by atoms with Crippen molar-refractivity contribution >= 4 is 17.5 Å². The van der Waals surface area contributed by atoms with Crippen LogP contribution in [0.3, 0.4) is 0 Å². The molecule has 15 heavy (non-hydrogen) atoms. The first-order valence-electron chi connectivity index (χ1n) is 4.88. The summed E-state index contributed by atoms with van der Waals surface area (Å²) in [4.78, 5) is 11.9. The van der Waals surface area contributed by atoms with Crippen molar-refractivity contribution in [1.29, 1.82) is 0 Å². The highest BCUT2D eigenvalue weighted by Gasteiger charge is 2.21. The molecule has 1 heterocycles. The van der Waals surface area contributed by atoms with E-state index in [1.165, 1.54) is 12.1 Å². The summed E-state index contributed by atoms with van der Waals surface area (Å²) in [5.74, 6) is 1.60. The molecule has 1 atom stereocenters. The van der Waals surface area contributed by atoms with Crippen LogP contribution in [0.2, 0.25) is 0 Å². The molecule has 0 aliphatic carbocycles. The van der Waals surface area contributed by atoms with Crippen LogP contribution in [0.5, 0.6) is 0 Å². The van der Waals surface area contributed by atoms with Gasteiger partial charge in [0, 0.05) is 23.6 Å². The fourth-order valence-electron chi connectivity index (χ4n) is 1.55. The highest BCUT2D eigenvalue weighted by Crippen LogP contribution is 2.13. The van der Waals surface area contributed by atoms with Crippen LogP contribution >= 0.6 is 11.8 Å². The van der Waals surface area contributed by atoms with E-state index in [1.54, 1.807) is 23.9 Å². The number of halogens is 1. The standard InChI is InChI=1S/C11H12FNOS/c12-9-3-1-8(2-4-9)11(14)10-7-15-6-5-13-10/h1-4,10,13H,5-7H2. The molecule has 1 aliphatic rings. The predicted octanol–water partition coefficient (Wildman–Crippen LogP) is 1.71. The Morgan fingerprint density at radius 3 is 2.73 bits per heavy atom. The number of hydrogen-bond donors (Lipinski definition) is 1. The van der Waals surface area contributed by atoms with Crippen molar-refractivity contribution in [2.75, 3.05) is 18.1 Å². The maximum Gasteiger partial charge on any atom is 0.180 e. The van der Waals surface area contributed by atoms with E-state index in [0.717, 1.165) is 18.1 Å². The molecule has 1 unspecified atom stereocenters. The van der Waals surface area contributed by atoms with Crippen LogP contribution in [0.1, 0.15) is 10.4 Å². The molecule has 4 heteroatoms. The summed E-state index contributed by atoms with van der Waals surface area (Å²) in [6.45, 7) is 0.863. The van der Waals surface area contributed by atoms with E-state index < -0.39 is 0 Å². The molecule has 1 saturated heterocycles. The van der Waals surface area contributed by atoms with Gasteiger partial charge in [-0.2, -0.15) is 11.8 Å². The van der Waals surface area contributed by atoms with Crippen molar-refractivity contribution in [2.24, 2.45) is 0 Å². The number of nitrogens with one attached hydrogen (secondary N) is 1. The smallest absolute Gasteiger partial charge is 0.180 e. The lowest BCUT2D eigenvalue weighted by molar-refractivity contribution is 0.0953. The second-order valence-electron chi connectivity index (χ2n) is 3.45. The molecule has 1 aliphatic heterocycles. The number of benzene rings is 1. The van der Waals surface area contributed by atoms with E-state index in [0.29, 0.717) is 5.56 Å². The van der Waals surface area contributed by atoms with Crippen LogP contribution in [-0.4, -0.2) is 29.9 Å². The van der Waals surface area contributed by atoms with Gasteiger partial charge in [0.1, 0.15) is 5.82 Å². The summed E-state index contributed by atoms with van der Waals surface area (Å²) in [5, 5.41) is 3.17. The number of carbonyl (C=O) groups excluding carboxylic acids is 1. The van der Waals surface area contributed by atoms with E-state index in [2.05, 4.69) is 5.32 Å². The highest BCUT2D eigenvalue weighted by molar-refractivity contribution is 7.99. The number of rotatable bonds is 2. The third-order valence-electron chi connectivity index (χ3n) is 2.37. The van der Waals surface area contributed by atoms with Crippen LogP contribution in [0.25, 0.3) is 0 Å². The summed E-state index contributed by atoms with van der Waals surface area (Å²) < 4.78 is 12.7. The van der Waals surface area contributed by atoms with Gasteiger partial charge in [-0.15, -0.1) is 0 Å². The van der Waals surface area contributed by atoms with Gasteiger partial charge < -0.3 is 5.32 Å². The van der Waals surface area contributed by atoms with E-state index in [4.69, 9.17) is 0 Å². The molecule has 2 rings (SSSR count). The summed E-state index contributed by atoms with van der Waals surface area (Å²) in [6.07, 6.45) is 0. The van der Waals surface area contributed by atoms with E-state index in [-0.39, 0.29) is 17.6 Å². The average molecular weight is 225 g/mol. The molecule has 1 N–H and O–H groups in total. The molecule has 0 bridgehead atoms.